The van der Waals surface area contributed by atoms with E-state index in [1.54, 1.807) is 0 Å². The summed E-state index contributed by atoms with van der Waals surface area (Å²) in [6, 6.07) is 5.96. The Bertz CT molecular complexity index is 581. The third-order valence-electron chi connectivity index (χ3n) is 5.50. The number of nitrogens with zero attached hydrogens (tertiary/aromatic N) is 1. The maximum absolute atomic E-state index is 12.5. The van der Waals surface area contributed by atoms with Crippen molar-refractivity contribution in [2.75, 3.05) is 19.6 Å². The molecule has 4 rings (SSSR count). The van der Waals surface area contributed by atoms with E-state index in [-0.39, 0.29) is 5.97 Å². The average molecular weight is 329 g/mol. The molecule has 4 heteroatoms. The van der Waals surface area contributed by atoms with Gasteiger partial charge in [-0.3, -0.25) is 9.69 Å². The molecule has 3 aliphatic rings. The van der Waals surface area contributed by atoms with Gasteiger partial charge >= 0.3 is 5.97 Å². The Morgan fingerprint density at radius 3 is 2.12 bits per heavy atom. The number of esters is 1. The molecule has 0 N–H and O–H groups in total. The van der Waals surface area contributed by atoms with Crippen molar-refractivity contribution >= 4 is 5.97 Å². The number of benzene rings is 1. The second kappa shape index (κ2) is 6.49. The van der Waals surface area contributed by atoms with E-state index in [9.17, 15) is 4.79 Å². The fourth-order valence-corrected chi connectivity index (χ4v) is 3.77. The molecule has 130 valence electrons. The molecule has 0 aromatic heterocycles. The summed E-state index contributed by atoms with van der Waals surface area (Å²) in [4.78, 5) is 14.7. The van der Waals surface area contributed by atoms with Gasteiger partial charge in [0.05, 0.1) is 18.8 Å². The Morgan fingerprint density at radius 2 is 1.62 bits per heavy atom. The molecular formula is C20H27NO3. The molecule has 1 saturated heterocycles. The molecule has 2 saturated carbocycles. The van der Waals surface area contributed by atoms with Gasteiger partial charge in [0.25, 0.3) is 0 Å². The molecule has 1 aliphatic heterocycles. The van der Waals surface area contributed by atoms with E-state index in [0.717, 1.165) is 24.2 Å². The Hall–Kier alpha value is -1.39. The normalized spacial score (nSPS) is 27.9. The molecule has 4 nitrogen and oxygen atoms in total. The number of hydrogen-bond donors (Lipinski definition) is 0. The largest absolute Gasteiger partial charge is 0.425 e. The predicted octanol–water partition coefficient (Wildman–Crippen LogP) is 3.10. The minimum Gasteiger partial charge on any atom is -0.425 e. The highest BCUT2D eigenvalue weighted by atomic mass is 16.5. The Balaban J connectivity index is 1.38. The Kier molecular flexibility index (Phi) is 4.35. The van der Waals surface area contributed by atoms with Gasteiger partial charge in [-0.2, -0.15) is 0 Å². The average Bonchev–Trinajstić information content (AvgIpc) is 3.43. The first-order valence-electron chi connectivity index (χ1n) is 9.25. The molecule has 0 radical (unpaired) electrons. The van der Waals surface area contributed by atoms with Gasteiger partial charge in [0.1, 0.15) is 5.75 Å². The Labute approximate surface area is 144 Å². The summed E-state index contributed by atoms with van der Waals surface area (Å²) >= 11 is 0. The number of morpholine rings is 1. The second-order valence-corrected chi connectivity index (χ2v) is 7.78. The van der Waals surface area contributed by atoms with Gasteiger partial charge in [0, 0.05) is 13.1 Å². The van der Waals surface area contributed by atoms with Gasteiger partial charge in [0.15, 0.2) is 0 Å². The van der Waals surface area contributed by atoms with Crippen LogP contribution in [0.25, 0.3) is 0 Å². The fraction of sp³-hybridized carbons (Fsp3) is 0.650. The first-order chi connectivity index (χ1) is 11.6. The summed E-state index contributed by atoms with van der Waals surface area (Å²) in [6.45, 7) is 6.07. The number of carbonyl (C=O) groups excluding carboxylic acids is 1. The number of rotatable bonds is 5. The summed E-state index contributed by atoms with van der Waals surface area (Å²) in [5.74, 6) is 1.99. The van der Waals surface area contributed by atoms with Crippen LogP contribution in [0.4, 0.5) is 0 Å². The van der Waals surface area contributed by atoms with E-state index >= 15 is 0 Å². The van der Waals surface area contributed by atoms with Crippen molar-refractivity contribution in [1.29, 1.82) is 0 Å². The number of aryl methyl sites for hydroxylation is 2. The third kappa shape index (κ3) is 3.65. The van der Waals surface area contributed by atoms with Crippen LogP contribution in [0.3, 0.4) is 0 Å². The number of para-hydroxylation sites is 1. The minimum atomic E-state index is -0.154. The van der Waals surface area contributed by atoms with Crippen LogP contribution in [0.15, 0.2) is 18.2 Å². The van der Waals surface area contributed by atoms with E-state index in [1.807, 2.05) is 32.0 Å². The SMILES string of the molecule is Cc1cccc(C)c1OC(=O)CN1CC(C2CC2)OC(C2CC2)C1. The van der Waals surface area contributed by atoms with Crippen LogP contribution >= 0.6 is 0 Å². The quantitative estimate of drug-likeness (QED) is 0.615. The first-order valence-corrected chi connectivity index (χ1v) is 9.25. The minimum absolute atomic E-state index is 0.154. The van der Waals surface area contributed by atoms with Crippen molar-refractivity contribution in [1.82, 2.24) is 4.90 Å². The molecule has 2 atom stereocenters. The number of ether oxygens (including phenoxy) is 2. The van der Waals surface area contributed by atoms with Crippen molar-refractivity contribution < 1.29 is 14.3 Å². The van der Waals surface area contributed by atoms with Gasteiger partial charge in [-0.25, -0.2) is 0 Å². The van der Waals surface area contributed by atoms with E-state index < -0.39 is 0 Å². The molecule has 1 aromatic rings. The first kappa shape index (κ1) is 16.1. The van der Waals surface area contributed by atoms with Gasteiger partial charge in [-0.15, -0.1) is 0 Å². The lowest BCUT2D eigenvalue weighted by Gasteiger charge is -2.38. The number of carbonyl (C=O) groups is 1. The van der Waals surface area contributed by atoms with Crippen LogP contribution in [0.2, 0.25) is 0 Å². The smallest absolute Gasteiger partial charge is 0.325 e. The van der Waals surface area contributed by atoms with Crippen LogP contribution in [0.5, 0.6) is 5.75 Å². The van der Waals surface area contributed by atoms with E-state index in [4.69, 9.17) is 9.47 Å². The lowest BCUT2D eigenvalue weighted by atomic mass is 10.1. The predicted molar refractivity (Wildman–Crippen MR) is 92.1 cm³/mol. The zero-order valence-corrected chi connectivity index (χ0v) is 14.7. The van der Waals surface area contributed by atoms with Crippen LogP contribution in [-0.4, -0.2) is 42.7 Å². The van der Waals surface area contributed by atoms with Crippen molar-refractivity contribution in [3.63, 3.8) is 0 Å². The number of hydrogen-bond acceptors (Lipinski definition) is 4. The highest BCUT2D eigenvalue weighted by Crippen LogP contribution is 2.42. The zero-order valence-electron chi connectivity index (χ0n) is 14.7. The standard InChI is InChI=1S/C20H27NO3/c1-13-4-3-5-14(2)20(13)24-19(22)12-21-10-17(15-6-7-15)23-18(11-21)16-8-9-16/h3-5,15-18H,6-12H2,1-2H3. The summed E-state index contributed by atoms with van der Waals surface area (Å²) < 4.78 is 12.0. The lowest BCUT2D eigenvalue weighted by Crippen LogP contribution is -2.51. The lowest BCUT2D eigenvalue weighted by molar-refractivity contribution is -0.142. The Morgan fingerprint density at radius 1 is 1.08 bits per heavy atom. The summed E-state index contributed by atoms with van der Waals surface area (Å²) in [7, 11) is 0. The van der Waals surface area contributed by atoms with Crippen molar-refractivity contribution in [3.8, 4) is 5.75 Å². The van der Waals surface area contributed by atoms with Crippen molar-refractivity contribution in [2.24, 2.45) is 11.8 Å². The van der Waals surface area contributed by atoms with Crippen LogP contribution in [0, 0.1) is 25.7 Å². The molecule has 2 aliphatic carbocycles. The van der Waals surface area contributed by atoms with E-state index in [1.165, 1.54) is 25.7 Å². The maximum Gasteiger partial charge on any atom is 0.325 e. The van der Waals surface area contributed by atoms with E-state index in [2.05, 4.69) is 4.90 Å². The monoisotopic (exact) mass is 329 g/mol. The van der Waals surface area contributed by atoms with Gasteiger partial charge in [-0.05, 0) is 62.5 Å². The van der Waals surface area contributed by atoms with Gasteiger partial charge < -0.3 is 9.47 Å². The summed E-state index contributed by atoms with van der Waals surface area (Å²) in [6.07, 6.45) is 5.76. The van der Waals surface area contributed by atoms with E-state index in [0.29, 0.717) is 36.3 Å². The second-order valence-electron chi connectivity index (χ2n) is 7.78. The maximum atomic E-state index is 12.5. The van der Waals surface area contributed by atoms with Crippen LogP contribution in [0.1, 0.15) is 36.8 Å². The molecule has 0 spiro atoms. The van der Waals surface area contributed by atoms with Crippen molar-refractivity contribution in [3.05, 3.63) is 29.3 Å². The fourth-order valence-electron chi connectivity index (χ4n) is 3.77. The molecular weight excluding hydrogens is 302 g/mol. The molecule has 0 bridgehead atoms. The molecule has 1 aromatic carbocycles. The molecule has 0 amide bonds. The third-order valence-corrected chi connectivity index (χ3v) is 5.50. The summed E-state index contributed by atoms with van der Waals surface area (Å²) in [5.41, 5.74) is 2.02. The van der Waals surface area contributed by atoms with Crippen molar-refractivity contribution in [2.45, 2.75) is 51.7 Å². The highest BCUT2D eigenvalue weighted by Gasteiger charge is 2.43. The van der Waals surface area contributed by atoms with Crippen LogP contribution < -0.4 is 4.74 Å². The van der Waals surface area contributed by atoms with Gasteiger partial charge in [-0.1, -0.05) is 18.2 Å². The molecule has 2 unspecified atom stereocenters. The molecule has 24 heavy (non-hydrogen) atoms. The summed E-state index contributed by atoms with van der Waals surface area (Å²) in [5, 5.41) is 0. The zero-order chi connectivity index (χ0) is 16.7. The highest BCUT2D eigenvalue weighted by molar-refractivity contribution is 5.75. The topological polar surface area (TPSA) is 38.8 Å². The van der Waals surface area contributed by atoms with Crippen LogP contribution in [-0.2, 0) is 9.53 Å². The molecule has 3 fully saturated rings. The molecule has 1 heterocycles. The van der Waals surface area contributed by atoms with Gasteiger partial charge in [0.2, 0.25) is 0 Å².